The second kappa shape index (κ2) is 7.87. The van der Waals surface area contributed by atoms with E-state index in [1.807, 2.05) is 55.5 Å². The Bertz CT molecular complexity index is 907. The summed E-state index contributed by atoms with van der Waals surface area (Å²) in [5, 5.41) is 3.99. The number of aromatic nitrogens is 1. The van der Waals surface area contributed by atoms with E-state index in [9.17, 15) is 4.79 Å². The van der Waals surface area contributed by atoms with Crippen molar-refractivity contribution in [1.82, 2.24) is 10.3 Å². The van der Waals surface area contributed by atoms with Crippen molar-refractivity contribution in [3.8, 4) is 11.5 Å². The largest absolute Gasteiger partial charge is 0.497 e. The molecule has 26 heavy (non-hydrogen) atoms. The molecule has 0 bridgehead atoms. The van der Waals surface area contributed by atoms with Gasteiger partial charge < -0.3 is 14.8 Å². The maximum absolute atomic E-state index is 12.7. The van der Waals surface area contributed by atoms with E-state index in [1.54, 1.807) is 20.3 Å². The fourth-order valence-corrected chi connectivity index (χ4v) is 2.85. The van der Waals surface area contributed by atoms with E-state index >= 15 is 0 Å². The molecule has 1 amide bonds. The zero-order valence-corrected chi connectivity index (χ0v) is 15.2. The van der Waals surface area contributed by atoms with Crippen molar-refractivity contribution in [3.05, 3.63) is 65.9 Å². The van der Waals surface area contributed by atoms with E-state index in [-0.39, 0.29) is 11.9 Å². The lowest BCUT2D eigenvalue weighted by Gasteiger charge is -2.17. The minimum Gasteiger partial charge on any atom is -0.497 e. The van der Waals surface area contributed by atoms with Crippen molar-refractivity contribution >= 4 is 16.8 Å². The highest BCUT2D eigenvalue weighted by Crippen LogP contribution is 2.22. The fraction of sp³-hybridized carbons (Fsp3) is 0.238. The lowest BCUT2D eigenvalue weighted by molar-refractivity contribution is 0.0931. The van der Waals surface area contributed by atoms with Gasteiger partial charge in [-0.25, -0.2) is 4.98 Å². The molecule has 1 unspecified atom stereocenters. The topological polar surface area (TPSA) is 60.5 Å². The van der Waals surface area contributed by atoms with E-state index in [0.29, 0.717) is 5.69 Å². The third-order valence-corrected chi connectivity index (χ3v) is 4.36. The molecule has 5 heteroatoms. The van der Waals surface area contributed by atoms with Crippen molar-refractivity contribution < 1.29 is 14.3 Å². The molecule has 0 aliphatic carbocycles. The monoisotopic (exact) mass is 350 g/mol. The predicted molar refractivity (Wildman–Crippen MR) is 102 cm³/mol. The van der Waals surface area contributed by atoms with Crippen LogP contribution < -0.4 is 14.8 Å². The Balaban J connectivity index is 1.79. The number of pyridine rings is 1. The number of fused-ring (bicyclic) bond motifs is 1. The lowest BCUT2D eigenvalue weighted by Crippen LogP contribution is -2.28. The lowest BCUT2D eigenvalue weighted by atomic mass is 10.0. The van der Waals surface area contributed by atoms with Gasteiger partial charge in [-0.1, -0.05) is 25.1 Å². The third kappa shape index (κ3) is 3.77. The molecule has 0 saturated carbocycles. The number of hydrogen-bond acceptors (Lipinski definition) is 4. The highest BCUT2D eigenvalue weighted by Gasteiger charge is 2.15. The molecule has 0 radical (unpaired) electrons. The second-order valence-corrected chi connectivity index (χ2v) is 5.96. The summed E-state index contributed by atoms with van der Waals surface area (Å²) >= 11 is 0. The molecule has 0 fully saturated rings. The molecule has 134 valence electrons. The summed E-state index contributed by atoms with van der Waals surface area (Å²) in [6.07, 6.45) is 0.781. The Morgan fingerprint density at radius 3 is 2.35 bits per heavy atom. The van der Waals surface area contributed by atoms with Gasteiger partial charge in [0.25, 0.3) is 5.91 Å². The van der Waals surface area contributed by atoms with Crippen LogP contribution in [0.1, 0.15) is 35.4 Å². The minimum absolute atomic E-state index is 0.0817. The molecule has 0 aliphatic rings. The molecule has 3 aromatic rings. The van der Waals surface area contributed by atoms with Gasteiger partial charge in [-0.2, -0.15) is 0 Å². The zero-order valence-electron chi connectivity index (χ0n) is 15.2. The van der Waals surface area contributed by atoms with E-state index in [1.165, 1.54) is 0 Å². The first-order valence-corrected chi connectivity index (χ1v) is 8.54. The van der Waals surface area contributed by atoms with Crippen molar-refractivity contribution in [3.63, 3.8) is 0 Å². The Hall–Kier alpha value is -3.08. The van der Waals surface area contributed by atoms with Gasteiger partial charge in [0.05, 0.1) is 25.8 Å². The quantitative estimate of drug-likeness (QED) is 0.726. The first-order valence-electron chi connectivity index (χ1n) is 8.54. The van der Waals surface area contributed by atoms with Crippen LogP contribution in [0.3, 0.4) is 0 Å². The third-order valence-electron chi connectivity index (χ3n) is 4.36. The molecule has 3 rings (SSSR count). The van der Waals surface area contributed by atoms with Crippen LogP contribution >= 0.6 is 0 Å². The van der Waals surface area contributed by atoms with Crippen LogP contribution in [-0.2, 0) is 0 Å². The number of nitrogens with one attached hydrogen (secondary N) is 1. The summed E-state index contributed by atoms with van der Waals surface area (Å²) in [6, 6.07) is 16.8. The van der Waals surface area contributed by atoms with Gasteiger partial charge >= 0.3 is 0 Å². The molecule has 0 aliphatic heterocycles. The fourth-order valence-electron chi connectivity index (χ4n) is 2.85. The first-order chi connectivity index (χ1) is 12.6. The van der Waals surface area contributed by atoms with Crippen LogP contribution in [0.25, 0.3) is 10.9 Å². The van der Waals surface area contributed by atoms with Gasteiger partial charge in [0.1, 0.15) is 17.2 Å². The number of carbonyl (C=O) groups excluding carboxylic acids is 1. The summed E-state index contributed by atoms with van der Waals surface area (Å²) in [7, 11) is 3.26. The minimum atomic E-state index is -0.189. The number of nitrogens with zero attached hydrogens (tertiary/aromatic N) is 1. The van der Waals surface area contributed by atoms with Crippen molar-refractivity contribution in [2.75, 3.05) is 14.2 Å². The van der Waals surface area contributed by atoms with Gasteiger partial charge in [0, 0.05) is 5.39 Å². The maximum Gasteiger partial charge on any atom is 0.270 e. The van der Waals surface area contributed by atoms with Gasteiger partial charge in [-0.15, -0.1) is 0 Å². The number of methoxy groups -OCH3 is 2. The number of rotatable bonds is 6. The van der Waals surface area contributed by atoms with Crippen LogP contribution in [-0.4, -0.2) is 25.1 Å². The summed E-state index contributed by atoms with van der Waals surface area (Å²) in [5.74, 6) is 1.37. The van der Waals surface area contributed by atoms with Crippen molar-refractivity contribution in [1.29, 1.82) is 0 Å². The maximum atomic E-state index is 12.7. The van der Waals surface area contributed by atoms with E-state index in [0.717, 1.165) is 34.4 Å². The molecular weight excluding hydrogens is 328 g/mol. The van der Waals surface area contributed by atoms with Gasteiger partial charge in [0.15, 0.2) is 0 Å². The average Bonchev–Trinajstić information content (AvgIpc) is 2.71. The standard InChI is InChI=1S/C21H22N2O3/c1-4-18(14-5-8-16(25-2)9-6-14)23-21(24)20-11-7-15-13-17(26-3)10-12-19(15)22-20/h5-13,18H,4H2,1-3H3,(H,23,24). The SMILES string of the molecule is CCC(NC(=O)c1ccc2cc(OC)ccc2n1)c1ccc(OC)cc1. The van der Waals surface area contributed by atoms with Crippen molar-refractivity contribution in [2.45, 2.75) is 19.4 Å². The predicted octanol–water partition coefficient (Wildman–Crippen LogP) is 4.13. The summed E-state index contributed by atoms with van der Waals surface area (Å²) in [5.41, 5.74) is 2.19. The van der Waals surface area contributed by atoms with E-state index in [4.69, 9.17) is 9.47 Å². The van der Waals surface area contributed by atoms with Gasteiger partial charge in [0.2, 0.25) is 0 Å². The van der Waals surface area contributed by atoms with E-state index < -0.39 is 0 Å². The number of ether oxygens (including phenoxy) is 2. The first kappa shape index (κ1) is 17.7. The molecule has 2 aromatic carbocycles. The molecule has 5 nitrogen and oxygen atoms in total. The number of hydrogen-bond donors (Lipinski definition) is 1. The molecular formula is C21H22N2O3. The van der Waals surface area contributed by atoms with E-state index in [2.05, 4.69) is 10.3 Å². The molecule has 0 spiro atoms. The molecule has 1 heterocycles. The number of benzene rings is 2. The summed E-state index contributed by atoms with van der Waals surface area (Å²) in [4.78, 5) is 17.1. The molecule has 0 saturated heterocycles. The van der Waals surface area contributed by atoms with Gasteiger partial charge in [-0.3, -0.25) is 4.79 Å². The van der Waals surface area contributed by atoms with Crippen LogP contribution in [0, 0.1) is 0 Å². The highest BCUT2D eigenvalue weighted by atomic mass is 16.5. The molecule has 1 aromatic heterocycles. The van der Waals surface area contributed by atoms with Crippen LogP contribution in [0.5, 0.6) is 11.5 Å². The van der Waals surface area contributed by atoms with Crippen LogP contribution in [0.2, 0.25) is 0 Å². The normalized spacial score (nSPS) is 11.8. The summed E-state index contributed by atoms with van der Waals surface area (Å²) in [6.45, 7) is 2.04. The Labute approximate surface area is 153 Å². The Morgan fingerprint density at radius 1 is 1.00 bits per heavy atom. The number of amides is 1. The van der Waals surface area contributed by atoms with Gasteiger partial charge in [-0.05, 0) is 48.4 Å². The smallest absolute Gasteiger partial charge is 0.270 e. The van der Waals surface area contributed by atoms with Crippen LogP contribution in [0.4, 0.5) is 0 Å². The highest BCUT2D eigenvalue weighted by molar-refractivity contribution is 5.95. The van der Waals surface area contributed by atoms with Crippen molar-refractivity contribution in [2.24, 2.45) is 0 Å². The average molecular weight is 350 g/mol. The van der Waals surface area contributed by atoms with Crippen LogP contribution in [0.15, 0.2) is 54.6 Å². The zero-order chi connectivity index (χ0) is 18.5. The molecule has 1 N–H and O–H groups in total. The molecule has 1 atom stereocenters. The number of carbonyl (C=O) groups is 1. The second-order valence-electron chi connectivity index (χ2n) is 5.96. The Morgan fingerprint density at radius 2 is 1.69 bits per heavy atom. The Kier molecular flexibility index (Phi) is 5.37. The summed E-state index contributed by atoms with van der Waals surface area (Å²) < 4.78 is 10.4.